The summed E-state index contributed by atoms with van der Waals surface area (Å²) in [5, 5.41) is 15.7. The Morgan fingerprint density at radius 2 is 2.11 bits per heavy atom. The normalized spacial score (nSPS) is 11.6. The first-order valence-corrected chi connectivity index (χ1v) is 9.46. The molecule has 8 nitrogen and oxygen atoms in total. The number of hydrogen-bond acceptors (Lipinski definition) is 7. The van der Waals surface area contributed by atoms with E-state index < -0.39 is 0 Å². The monoisotopic (exact) mass is 406 g/mol. The number of anilines is 1. The van der Waals surface area contributed by atoms with E-state index in [1.54, 1.807) is 24.3 Å². The summed E-state index contributed by atoms with van der Waals surface area (Å²) in [5.41, 5.74) is 1.34. The minimum atomic E-state index is -0.260. The lowest BCUT2D eigenvalue weighted by Gasteiger charge is -2.12. The molecule has 0 saturated carbocycles. The number of halogens is 1. The zero-order chi connectivity index (χ0) is 19.6. The van der Waals surface area contributed by atoms with E-state index in [0.29, 0.717) is 21.9 Å². The Morgan fingerprint density at radius 1 is 1.33 bits per heavy atom. The van der Waals surface area contributed by atoms with E-state index >= 15 is 0 Å². The predicted octanol–water partition coefficient (Wildman–Crippen LogP) is 3.33. The first kappa shape index (κ1) is 19.2. The molecule has 0 atom stereocenters. The smallest absolute Gasteiger partial charge is 0.237 e. The average Bonchev–Trinajstić information content (AvgIpc) is 3.20. The molecule has 3 aromatic rings. The van der Waals surface area contributed by atoms with Crippen molar-refractivity contribution in [3.63, 3.8) is 0 Å². The van der Waals surface area contributed by atoms with Crippen LogP contribution in [-0.2, 0) is 10.2 Å². The second kappa shape index (κ2) is 7.61. The standard InChI is InChI=1S/C17H19ClN6O2S/c1-17(2,3)12-8-14(26-23-12)20-13(25)9-27-16-22-21-15(24(16)19)10-5-4-6-11(18)7-10/h4-8H,9,19H2,1-3H3,(H,20,25). The highest BCUT2D eigenvalue weighted by Gasteiger charge is 2.20. The molecule has 3 N–H and O–H groups in total. The third-order valence-electron chi connectivity index (χ3n) is 3.62. The number of rotatable bonds is 5. The van der Waals surface area contributed by atoms with Gasteiger partial charge in [-0.15, -0.1) is 10.2 Å². The summed E-state index contributed by atoms with van der Waals surface area (Å²) in [6.45, 7) is 6.04. The van der Waals surface area contributed by atoms with E-state index in [9.17, 15) is 4.79 Å². The number of carbonyl (C=O) groups is 1. The van der Waals surface area contributed by atoms with Crippen LogP contribution >= 0.6 is 23.4 Å². The molecule has 2 heterocycles. The average molecular weight is 407 g/mol. The Labute approximate surface area is 165 Å². The minimum Gasteiger partial charge on any atom is -0.338 e. The molecule has 0 aliphatic heterocycles. The lowest BCUT2D eigenvalue weighted by molar-refractivity contribution is -0.113. The molecule has 1 amide bonds. The van der Waals surface area contributed by atoms with Gasteiger partial charge in [0.2, 0.25) is 16.9 Å². The third-order valence-corrected chi connectivity index (χ3v) is 4.80. The van der Waals surface area contributed by atoms with Crippen LogP contribution in [0.5, 0.6) is 0 Å². The van der Waals surface area contributed by atoms with E-state index in [2.05, 4.69) is 20.7 Å². The molecule has 2 aromatic heterocycles. The number of thioether (sulfide) groups is 1. The maximum absolute atomic E-state index is 12.1. The molecule has 0 aliphatic rings. The summed E-state index contributed by atoms with van der Waals surface area (Å²) >= 11 is 7.16. The van der Waals surface area contributed by atoms with Crippen molar-refractivity contribution in [1.82, 2.24) is 20.0 Å². The highest BCUT2D eigenvalue weighted by molar-refractivity contribution is 7.99. The number of nitrogens with one attached hydrogen (secondary N) is 1. The molecule has 0 radical (unpaired) electrons. The van der Waals surface area contributed by atoms with Gasteiger partial charge in [0.25, 0.3) is 0 Å². The maximum atomic E-state index is 12.1. The van der Waals surface area contributed by atoms with Crippen molar-refractivity contribution in [2.24, 2.45) is 0 Å². The maximum Gasteiger partial charge on any atom is 0.237 e. The van der Waals surface area contributed by atoms with Crippen LogP contribution in [0.2, 0.25) is 5.02 Å². The second-order valence-electron chi connectivity index (χ2n) is 6.85. The van der Waals surface area contributed by atoms with Gasteiger partial charge in [-0.05, 0) is 12.1 Å². The Morgan fingerprint density at radius 3 is 2.78 bits per heavy atom. The number of hydrogen-bond donors (Lipinski definition) is 2. The Kier molecular flexibility index (Phi) is 5.43. The van der Waals surface area contributed by atoms with Crippen molar-refractivity contribution in [3.05, 3.63) is 41.0 Å². The molecular weight excluding hydrogens is 388 g/mol. The van der Waals surface area contributed by atoms with Crippen LogP contribution in [0.3, 0.4) is 0 Å². The number of amides is 1. The molecule has 27 heavy (non-hydrogen) atoms. The molecule has 0 saturated heterocycles. The Balaban J connectivity index is 1.62. The van der Waals surface area contributed by atoms with Crippen molar-refractivity contribution in [2.45, 2.75) is 31.3 Å². The largest absolute Gasteiger partial charge is 0.338 e. The fraction of sp³-hybridized carbons (Fsp3) is 0.294. The van der Waals surface area contributed by atoms with Crippen molar-refractivity contribution < 1.29 is 9.32 Å². The van der Waals surface area contributed by atoms with Crippen LogP contribution in [0.25, 0.3) is 11.4 Å². The topological polar surface area (TPSA) is 112 Å². The Bertz CT molecular complexity index is 962. The quantitative estimate of drug-likeness (QED) is 0.493. The first-order chi connectivity index (χ1) is 12.7. The van der Waals surface area contributed by atoms with Crippen molar-refractivity contribution in [3.8, 4) is 11.4 Å². The van der Waals surface area contributed by atoms with Crippen LogP contribution in [0.1, 0.15) is 26.5 Å². The summed E-state index contributed by atoms with van der Waals surface area (Å²) in [6, 6.07) is 8.85. The molecule has 3 rings (SSSR count). The van der Waals surface area contributed by atoms with Crippen molar-refractivity contribution >= 4 is 35.2 Å². The van der Waals surface area contributed by atoms with E-state index in [0.717, 1.165) is 23.0 Å². The molecule has 0 fully saturated rings. The number of carbonyl (C=O) groups excluding carboxylic acids is 1. The number of benzene rings is 1. The van der Waals surface area contributed by atoms with Gasteiger partial charge >= 0.3 is 0 Å². The molecule has 0 aliphatic carbocycles. The van der Waals surface area contributed by atoms with Crippen LogP contribution in [0.4, 0.5) is 5.88 Å². The molecule has 1 aromatic carbocycles. The summed E-state index contributed by atoms with van der Waals surface area (Å²) in [6.07, 6.45) is 0. The van der Waals surface area contributed by atoms with Crippen LogP contribution < -0.4 is 11.2 Å². The summed E-state index contributed by atoms with van der Waals surface area (Å²) in [5.74, 6) is 6.64. The van der Waals surface area contributed by atoms with Gasteiger partial charge in [0.1, 0.15) is 0 Å². The van der Waals surface area contributed by atoms with Gasteiger partial charge in [-0.3, -0.25) is 10.1 Å². The predicted molar refractivity (Wildman–Crippen MR) is 105 cm³/mol. The number of aromatic nitrogens is 4. The number of nitrogens with two attached hydrogens (primary N) is 1. The SMILES string of the molecule is CC(C)(C)c1cc(NC(=O)CSc2nnc(-c3cccc(Cl)c3)n2N)on1. The van der Waals surface area contributed by atoms with Crippen LogP contribution in [-0.4, -0.2) is 31.7 Å². The summed E-state index contributed by atoms with van der Waals surface area (Å²) < 4.78 is 6.48. The van der Waals surface area contributed by atoms with Gasteiger partial charge in [0.05, 0.1) is 11.4 Å². The second-order valence-corrected chi connectivity index (χ2v) is 8.23. The molecule has 0 spiro atoms. The molecule has 0 unspecified atom stereocenters. The van der Waals surface area contributed by atoms with E-state index in [1.165, 1.54) is 4.68 Å². The zero-order valence-corrected chi connectivity index (χ0v) is 16.6. The lowest BCUT2D eigenvalue weighted by atomic mass is 9.92. The lowest BCUT2D eigenvalue weighted by Crippen LogP contribution is -2.16. The van der Waals surface area contributed by atoms with Gasteiger partial charge in [0, 0.05) is 22.1 Å². The number of nitrogens with zero attached hydrogens (tertiary/aromatic N) is 4. The summed E-state index contributed by atoms with van der Waals surface area (Å²) in [4.78, 5) is 12.1. The van der Waals surface area contributed by atoms with Crippen LogP contribution in [0.15, 0.2) is 40.0 Å². The van der Waals surface area contributed by atoms with Gasteiger partial charge in [-0.2, -0.15) is 0 Å². The van der Waals surface area contributed by atoms with Crippen molar-refractivity contribution in [2.75, 3.05) is 16.9 Å². The van der Waals surface area contributed by atoms with Crippen LogP contribution in [0, 0.1) is 0 Å². The Hall–Kier alpha value is -2.52. The van der Waals surface area contributed by atoms with E-state index in [1.807, 2.05) is 26.8 Å². The highest BCUT2D eigenvalue weighted by atomic mass is 35.5. The van der Waals surface area contributed by atoms with Gasteiger partial charge in [0.15, 0.2) is 5.82 Å². The third kappa shape index (κ3) is 4.61. The fourth-order valence-electron chi connectivity index (χ4n) is 2.19. The highest BCUT2D eigenvalue weighted by Crippen LogP contribution is 2.25. The first-order valence-electron chi connectivity index (χ1n) is 8.10. The zero-order valence-electron chi connectivity index (χ0n) is 15.1. The fourth-order valence-corrected chi connectivity index (χ4v) is 3.04. The van der Waals surface area contributed by atoms with E-state index in [-0.39, 0.29) is 17.1 Å². The van der Waals surface area contributed by atoms with Gasteiger partial charge in [-0.25, -0.2) is 4.68 Å². The number of nitrogen functional groups attached to an aromatic ring is 1. The van der Waals surface area contributed by atoms with E-state index in [4.69, 9.17) is 22.0 Å². The molecule has 0 bridgehead atoms. The van der Waals surface area contributed by atoms with Gasteiger partial charge < -0.3 is 10.4 Å². The molecule has 142 valence electrons. The molecule has 10 heteroatoms. The van der Waals surface area contributed by atoms with Gasteiger partial charge in [-0.1, -0.05) is 61.4 Å². The van der Waals surface area contributed by atoms with Crippen molar-refractivity contribution in [1.29, 1.82) is 0 Å². The summed E-state index contributed by atoms with van der Waals surface area (Å²) in [7, 11) is 0. The molecular formula is C17H19ClN6O2S. The minimum absolute atomic E-state index is 0.0937.